The molecule has 0 fully saturated rings. The Labute approximate surface area is 99.8 Å². The van der Waals surface area contributed by atoms with E-state index in [0.717, 1.165) is 22.2 Å². The standard InChI is InChI=1S/C13H15NO3/c1-8-4-9(7-15)14-13-11(8)5-10(16-2)6-12(13)17-3/h4-6,15H,7H2,1-3H3. The lowest BCUT2D eigenvalue weighted by Crippen LogP contribution is -1.96. The highest BCUT2D eigenvalue weighted by Crippen LogP contribution is 2.31. The molecule has 2 rings (SSSR count). The van der Waals surface area contributed by atoms with E-state index in [0.29, 0.717) is 11.4 Å². The maximum atomic E-state index is 9.16. The molecule has 90 valence electrons. The third-order valence-corrected chi connectivity index (χ3v) is 2.73. The lowest BCUT2D eigenvalue weighted by atomic mass is 10.1. The summed E-state index contributed by atoms with van der Waals surface area (Å²) in [5.74, 6) is 1.38. The molecule has 2 aromatic rings. The van der Waals surface area contributed by atoms with Gasteiger partial charge in [0.25, 0.3) is 0 Å². The lowest BCUT2D eigenvalue weighted by molar-refractivity contribution is 0.277. The number of rotatable bonds is 3. The second kappa shape index (κ2) is 4.59. The van der Waals surface area contributed by atoms with Gasteiger partial charge in [0.15, 0.2) is 0 Å². The van der Waals surface area contributed by atoms with Crippen LogP contribution in [0, 0.1) is 6.92 Å². The van der Waals surface area contributed by atoms with E-state index in [-0.39, 0.29) is 6.61 Å². The van der Waals surface area contributed by atoms with Crippen molar-refractivity contribution in [1.29, 1.82) is 0 Å². The van der Waals surface area contributed by atoms with Gasteiger partial charge in [-0.3, -0.25) is 0 Å². The molecular formula is C13H15NO3. The van der Waals surface area contributed by atoms with Crippen molar-refractivity contribution in [2.45, 2.75) is 13.5 Å². The van der Waals surface area contributed by atoms with Crippen LogP contribution in [0.3, 0.4) is 0 Å². The molecule has 0 aliphatic rings. The van der Waals surface area contributed by atoms with Crippen LogP contribution in [-0.2, 0) is 6.61 Å². The highest BCUT2D eigenvalue weighted by Gasteiger charge is 2.10. The monoisotopic (exact) mass is 233 g/mol. The number of fused-ring (bicyclic) bond motifs is 1. The summed E-state index contributed by atoms with van der Waals surface area (Å²) in [7, 11) is 3.21. The third-order valence-electron chi connectivity index (χ3n) is 2.73. The Balaban J connectivity index is 2.79. The third kappa shape index (κ3) is 2.03. The molecule has 0 amide bonds. The average Bonchev–Trinajstić information content (AvgIpc) is 2.37. The second-order valence-electron chi connectivity index (χ2n) is 3.81. The van der Waals surface area contributed by atoms with Crippen molar-refractivity contribution in [1.82, 2.24) is 4.98 Å². The van der Waals surface area contributed by atoms with Crippen LogP contribution in [0.5, 0.6) is 11.5 Å². The van der Waals surface area contributed by atoms with Crippen molar-refractivity contribution < 1.29 is 14.6 Å². The fourth-order valence-electron chi connectivity index (χ4n) is 1.86. The van der Waals surface area contributed by atoms with E-state index in [1.54, 1.807) is 20.3 Å². The first kappa shape index (κ1) is 11.7. The van der Waals surface area contributed by atoms with Gasteiger partial charge in [0.05, 0.1) is 26.5 Å². The zero-order valence-corrected chi connectivity index (χ0v) is 10.2. The summed E-state index contributed by atoms with van der Waals surface area (Å²) in [4.78, 5) is 4.37. The van der Waals surface area contributed by atoms with Gasteiger partial charge >= 0.3 is 0 Å². The van der Waals surface area contributed by atoms with Crippen molar-refractivity contribution in [3.63, 3.8) is 0 Å². The molecule has 1 aromatic heterocycles. The number of methoxy groups -OCH3 is 2. The number of benzene rings is 1. The molecule has 0 saturated carbocycles. The lowest BCUT2D eigenvalue weighted by Gasteiger charge is -2.11. The highest BCUT2D eigenvalue weighted by molar-refractivity contribution is 5.89. The van der Waals surface area contributed by atoms with Gasteiger partial charge in [0.1, 0.15) is 17.0 Å². The summed E-state index contributed by atoms with van der Waals surface area (Å²) in [5, 5.41) is 10.1. The smallest absolute Gasteiger partial charge is 0.148 e. The fourth-order valence-corrected chi connectivity index (χ4v) is 1.86. The number of aryl methyl sites for hydroxylation is 1. The first-order valence-corrected chi connectivity index (χ1v) is 5.32. The number of aliphatic hydroxyl groups excluding tert-OH is 1. The van der Waals surface area contributed by atoms with Gasteiger partial charge in [-0.2, -0.15) is 0 Å². The molecule has 4 nitrogen and oxygen atoms in total. The molecule has 0 saturated heterocycles. The summed E-state index contributed by atoms with van der Waals surface area (Å²) in [6.45, 7) is 1.90. The van der Waals surface area contributed by atoms with Gasteiger partial charge in [0.2, 0.25) is 0 Å². The van der Waals surface area contributed by atoms with E-state index in [1.165, 1.54) is 0 Å². The van der Waals surface area contributed by atoms with Crippen molar-refractivity contribution in [3.8, 4) is 11.5 Å². The predicted octanol–water partition coefficient (Wildman–Crippen LogP) is 2.05. The molecule has 0 bridgehead atoms. The molecule has 1 N–H and O–H groups in total. The highest BCUT2D eigenvalue weighted by atomic mass is 16.5. The summed E-state index contributed by atoms with van der Waals surface area (Å²) < 4.78 is 10.5. The van der Waals surface area contributed by atoms with Gasteiger partial charge in [-0.05, 0) is 24.6 Å². The minimum Gasteiger partial charge on any atom is -0.497 e. The normalized spacial score (nSPS) is 10.6. The quantitative estimate of drug-likeness (QED) is 0.881. The summed E-state index contributed by atoms with van der Waals surface area (Å²) in [6.07, 6.45) is 0. The van der Waals surface area contributed by atoms with E-state index in [1.807, 2.05) is 19.1 Å². The van der Waals surface area contributed by atoms with E-state index < -0.39 is 0 Å². The van der Waals surface area contributed by atoms with Crippen LogP contribution in [0.15, 0.2) is 18.2 Å². The number of hydrogen-bond donors (Lipinski definition) is 1. The molecule has 1 aromatic carbocycles. The molecule has 0 aliphatic heterocycles. The predicted molar refractivity (Wildman–Crippen MR) is 65.5 cm³/mol. The maximum absolute atomic E-state index is 9.16. The van der Waals surface area contributed by atoms with E-state index in [2.05, 4.69) is 4.98 Å². The molecule has 0 aliphatic carbocycles. The molecule has 4 heteroatoms. The molecule has 17 heavy (non-hydrogen) atoms. The Morgan fingerprint density at radius 1 is 1.18 bits per heavy atom. The molecule has 0 spiro atoms. The largest absolute Gasteiger partial charge is 0.497 e. The first-order chi connectivity index (χ1) is 8.19. The van der Waals surface area contributed by atoms with Crippen LogP contribution in [0.2, 0.25) is 0 Å². The number of nitrogens with zero attached hydrogens (tertiary/aromatic N) is 1. The molecule has 0 unspecified atom stereocenters. The van der Waals surface area contributed by atoms with Crippen LogP contribution >= 0.6 is 0 Å². The van der Waals surface area contributed by atoms with Crippen LogP contribution in [-0.4, -0.2) is 24.3 Å². The summed E-state index contributed by atoms with van der Waals surface area (Å²) in [6, 6.07) is 5.57. The average molecular weight is 233 g/mol. The first-order valence-electron chi connectivity index (χ1n) is 5.32. The number of hydrogen-bond acceptors (Lipinski definition) is 4. The Bertz CT molecular complexity index is 552. The molecule has 0 radical (unpaired) electrons. The number of aliphatic hydroxyl groups is 1. The van der Waals surface area contributed by atoms with Gasteiger partial charge in [-0.25, -0.2) is 4.98 Å². The summed E-state index contributed by atoms with van der Waals surface area (Å²) >= 11 is 0. The van der Waals surface area contributed by atoms with Gasteiger partial charge in [-0.15, -0.1) is 0 Å². The molecular weight excluding hydrogens is 218 g/mol. The van der Waals surface area contributed by atoms with E-state index >= 15 is 0 Å². The van der Waals surface area contributed by atoms with Crippen molar-refractivity contribution in [2.75, 3.05) is 14.2 Å². The minimum absolute atomic E-state index is 0.0774. The number of ether oxygens (including phenoxy) is 2. The Morgan fingerprint density at radius 2 is 1.94 bits per heavy atom. The second-order valence-corrected chi connectivity index (χ2v) is 3.81. The van der Waals surface area contributed by atoms with E-state index in [4.69, 9.17) is 14.6 Å². The maximum Gasteiger partial charge on any atom is 0.148 e. The Morgan fingerprint density at radius 3 is 2.53 bits per heavy atom. The van der Waals surface area contributed by atoms with Crippen molar-refractivity contribution >= 4 is 10.9 Å². The summed E-state index contributed by atoms with van der Waals surface area (Å²) in [5.41, 5.74) is 2.42. The van der Waals surface area contributed by atoms with Gasteiger partial charge in [0, 0.05) is 11.5 Å². The molecule has 1 heterocycles. The van der Waals surface area contributed by atoms with Crippen LogP contribution < -0.4 is 9.47 Å². The van der Waals surface area contributed by atoms with E-state index in [9.17, 15) is 0 Å². The molecule has 0 atom stereocenters. The SMILES string of the molecule is COc1cc(OC)c2nc(CO)cc(C)c2c1. The van der Waals surface area contributed by atoms with Crippen LogP contribution in [0.25, 0.3) is 10.9 Å². The van der Waals surface area contributed by atoms with Crippen molar-refractivity contribution in [3.05, 3.63) is 29.5 Å². The fraction of sp³-hybridized carbons (Fsp3) is 0.308. The van der Waals surface area contributed by atoms with Gasteiger partial charge in [-0.1, -0.05) is 0 Å². The Hall–Kier alpha value is -1.81. The van der Waals surface area contributed by atoms with Crippen molar-refractivity contribution in [2.24, 2.45) is 0 Å². The zero-order valence-electron chi connectivity index (χ0n) is 10.2. The Kier molecular flexibility index (Phi) is 3.15. The van der Waals surface area contributed by atoms with Gasteiger partial charge < -0.3 is 14.6 Å². The zero-order chi connectivity index (χ0) is 12.4. The van der Waals surface area contributed by atoms with Crippen LogP contribution in [0.4, 0.5) is 0 Å². The number of pyridine rings is 1. The topological polar surface area (TPSA) is 51.6 Å². The minimum atomic E-state index is -0.0774. The number of aromatic nitrogens is 1. The van der Waals surface area contributed by atoms with Crippen LogP contribution in [0.1, 0.15) is 11.3 Å².